The van der Waals surface area contributed by atoms with Crippen LogP contribution in [0.4, 0.5) is 0 Å². The van der Waals surface area contributed by atoms with Crippen LogP contribution in [-0.2, 0) is 5.41 Å². The van der Waals surface area contributed by atoms with E-state index in [9.17, 15) is 0 Å². The molecule has 0 fully saturated rings. The summed E-state index contributed by atoms with van der Waals surface area (Å²) in [5.41, 5.74) is 14.0. The van der Waals surface area contributed by atoms with Crippen LogP contribution in [0.25, 0.3) is 72.5 Å². The Balaban J connectivity index is 1.26. The summed E-state index contributed by atoms with van der Waals surface area (Å²) in [6.07, 6.45) is 0. The van der Waals surface area contributed by atoms with Crippen LogP contribution in [-0.4, -0.2) is 22.6 Å². The summed E-state index contributed by atoms with van der Waals surface area (Å²) in [5, 5.41) is 7.72. The highest BCUT2D eigenvalue weighted by Gasteiger charge is 2.52. The quantitative estimate of drug-likeness (QED) is 0.163. The molecule has 0 saturated heterocycles. The van der Waals surface area contributed by atoms with Gasteiger partial charge in [0.15, 0.2) is 13.9 Å². The number of fused-ring (bicyclic) bond motifs is 10. The maximum Gasteiger partial charge on any atom is 0.185 e. The number of aromatic nitrogens is 3. The van der Waals surface area contributed by atoms with E-state index in [1.165, 1.54) is 70.4 Å². The van der Waals surface area contributed by atoms with Gasteiger partial charge in [0.2, 0.25) is 0 Å². The average Bonchev–Trinajstić information content (AvgIpc) is 3.88. The summed E-state index contributed by atoms with van der Waals surface area (Å²) in [6, 6.07) is 73.5. The van der Waals surface area contributed by atoms with Crippen molar-refractivity contribution in [2.75, 3.05) is 0 Å². The molecule has 2 aromatic heterocycles. The van der Waals surface area contributed by atoms with Gasteiger partial charge in [-0.05, 0) is 44.4 Å². The number of nitrogens with zero attached hydrogens (tertiary/aromatic N) is 3. The molecule has 0 saturated carbocycles. The molecule has 2 aliphatic rings. The highest BCUT2D eigenvalue weighted by Crippen LogP contribution is 2.53. The van der Waals surface area contributed by atoms with E-state index in [1.807, 2.05) is 0 Å². The zero-order valence-corrected chi connectivity index (χ0v) is 33.9. The monoisotopic (exact) mass is 769 g/mol. The van der Waals surface area contributed by atoms with E-state index in [0.29, 0.717) is 0 Å². The van der Waals surface area contributed by atoms with Crippen LogP contribution in [0.3, 0.4) is 0 Å². The average molecular weight is 770 g/mol. The fraction of sp³-hybridized carbons (Fsp3) is 0.0545. The number of hydrogen-bond donors (Lipinski definition) is 0. The van der Waals surface area contributed by atoms with E-state index >= 15 is 0 Å². The molecule has 0 atom stereocenters. The van der Waals surface area contributed by atoms with Gasteiger partial charge in [0, 0.05) is 43.6 Å². The van der Waals surface area contributed by atoms with Crippen LogP contribution in [0.2, 0.25) is 0 Å². The van der Waals surface area contributed by atoms with E-state index in [-0.39, 0.29) is 5.41 Å². The first-order chi connectivity index (χ1) is 29.1. The Morgan fingerprint density at radius 1 is 0.458 bits per heavy atom. The van der Waals surface area contributed by atoms with Crippen LogP contribution in [0.15, 0.2) is 200 Å². The predicted octanol–water partition coefficient (Wildman–Crippen LogP) is 10.6. The minimum absolute atomic E-state index is 0.138. The summed E-state index contributed by atoms with van der Waals surface area (Å²) in [7, 11) is -3.01. The molecule has 12 rings (SSSR count). The van der Waals surface area contributed by atoms with Crippen molar-refractivity contribution >= 4 is 50.6 Å². The Morgan fingerprint density at radius 3 is 1.75 bits per heavy atom. The van der Waals surface area contributed by atoms with Gasteiger partial charge in [-0.25, -0.2) is 9.97 Å². The molecule has 0 N–H and O–H groups in total. The van der Waals surface area contributed by atoms with Crippen molar-refractivity contribution in [1.82, 2.24) is 14.5 Å². The molecule has 0 radical (unpaired) electrons. The van der Waals surface area contributed by atoms with Crippen molar-refractivity contribution in [3.63, 3.8) is 0 Å². The number of para-hydroxylation sites is 2. The van der Waals surface area contributed by atoms with Crippen molar-refractivity contribution in [3.05, 3.63) is 211 Å². The molecule has 0 spiro atoms. The third-order valence-corrected chi connectivity index (χ3v) is 18.0. The first-order valence-corrected chi connectivity index (χ1v) is 22.5. The van der Waals surface area contributed by atoms with Gasteiger partial charge in [0.05, 0.1) is 28.1 Å². The Labute approximate surface area is 345 Å². The fourth-order valence-electron chi connectivity index (χ4n) is 10.6. The van der Waals surface area contributed by atoms with E-state index in [2.05, 4.69) is 219 Å². The minimum atomic E-state index is -3.01. The second-order valence-corrected chi connectivity index (χ2v) is 20.1. The second kappa shape index (κ2) is 12.7. The van der Waals surface area contributed by atoms with Crippen molar-refractivity contribution in [1.29, 1.82) is 0 Å². The maximum absolute atomic E-state index is 5.79. The van der Waals surface area contributed by atoms with Crippen LogP contribution < -0.4 is 20.7 Å². The molecule has 0 bridgehead atoms. The molecule has 10 aromatic rings. The molecular formula is C55H39N3Si. The smallest absolute Gasteiger partial charge is 0.185 e. The van der Waals surface area contributed by atoms with Gasteiger partial charge in [-0.2, -0.15) is 0 Å². The normalized spacial score (nSPS) is 14.2. The van der Waals surface area contributed by atoms with Crippen LogP contribution in [0, 0.1) is 0 Å². The van der Waals surface area contributed by atoms with Crippen LogP contribution >= 0.6 is 0 Å². The van der Waals surface area contributed by atoms with Crippen molar-refractivity contribution < 1.29 is 0 Å². The number of rotatable bonds is 5. The SMILES string of the molecule is CC1(C)c2ccccc2-c2c1ccc1c3ccccc3n(-c3ccccc3-c3nc(-c4ccccc4)nc4c3[Si](c3ccccc3)(c3ccccc3)c3ccccc3-4)c21. The highest BCUT2D eigenvalue weighted by molar-refractivity contribution is 7.22. The summed E-state index contributed by atoms with van der Waals surface area (Å²) < 4.78 is 2.55. The molecule has 4 heteroatoms. The van der Waals surface area contributed by atoms with Crippen LogP contribution in [0.5, 0.6) is 0 Å². The molecular weight excluding hydrogens is 731 g/mol. The van der Waals surface area contributed by atoms with Gasteiger partial charge < -0.3 is 4.57 Å². The topological polar surface area (TPSA) is 30.7 Å². The number of benzene rings is 8. The molecule has 278 valence electrons. The van der Waals surface area contributed by atoms with Gasteiger partial charge in [0.25, 0.3) is 0 Å². The largest absolute Gasteiger partial charge is 0.308 e. The summed E-state index contributed by atoms with van der Waals surface area (Å²) in [4.78, 5) is 11.4. The zero-order chi connectivity index (χ0) is 39.3. The van der Waals surface area contributed by atoms with Crippen molar-refractivity contribution in [3.8, 4) is 50.7 Å². The van der Waals surface area contributed by atoms with Crippen LogP contribution in [0.1, 0.15) is 25.0 Å². The van der Waals surface area contributed by atoms with E-state index in [0.717, 1.165) is 34.0 Å². The molecule has 0 unspecified atom stereocenters. The first-order valence-electron chi connectivity index (χ1n) is 20.5. The summed E-state index contributed by atoms with van der Waals surface area (Å²) in [5.74, 6) is 0.730. The Bertz CT molecular complexity index is 3250. The molecule has 1 aliphatic heterocycles. The van der Waals surface area contributed by atoms with Gasteiger partial charge >= 0.3 is 0 Å². The summed E-state index contributed by atoms with van der Waals surface area (Å²) >= 11 is 0. The standard InChI is InChI=1S/C55H39N3Si/c1-55(2)44-30-16-12-27-41(44)49-45(55)35-34-40-39-26-13-17-31-46(39)58(52(40)49)47-32-18-14-28-42(47)50-53-51(57-54(56-50)36-20-6-3-7-21-36)43-29-15-19-33-48(43)59(53,37-22-8-4-9-23-37)38-24-10-5-11-25-38/h3-35H,1-2H3. The molecule has 8 aromatic carbocycles. The highest BCUT2D eigenvalue weighted by atomic mass is 28.3. The molecule has 0 amide bonds. The lowest BCUT2D eigenvalue weighted by molar-refractivity contribution is 0.661. The van der Waals surface area contributed by atoms with Crippen molar-refractivity contribution in [2.45, 2.75) is 19.3 Å². The second-order valence-electron chi connectivity index (χ2n) is 16.4. The number of hydrogen-bond acceptors (Lipinski definition) is 2. The Kier molecular flexibility index (Phi) is 7.29. The lowest BCUT2D eigenvalue weighted by Crippen LogP contribution is -2.73. The zero-order valence-electron chi connectivity index (χ0n) is 32.9. The first kappa shape index (κ1) is 33.9. The molecule has 3 heterocycles. The Morgan fingerprint density at radius 2 is 1.02 bits per heavy atom. The molecule has 1 aliphatic carbocycles. The fourth-order valence-corrected chi connectivity index (χ4v) is 15.8. The third kappa shape index (κ3) is 4.63. The van der Waals surface area contributed by atoms with E-state index in [1.54, 1.807) is 0 Å². The van der Waals surface area contributed by atoms with E-state index < -0.39 is 8.07 Å². The maximum atomic E-state index is 5.79. The van der Waals surface area contributed by atoms with Gasteiger partial charge in [0.1, 0.15) is 0 Å². The van der Waals surface area contributed by atoms with Gasteiger partial charge in [-0.1, -0.05) is 202 Å². The van der Waals surface area contributed by atoms with Gasteiger partial charge in [-0.15, -0.1) is 0 Å². The predicted molar refractivity (Wildman–Crippen MR) is 247 cm³/mol. The van der Waals surface area contributed by atoms with E-state index in [4.69, 9.17) is 9.97 Å². The van der Waals surface area contributed by atoms with Gasteiger partial charge in [-0.3, -0.25) is 0 Å². The third-order valence-electron chi connectivity index (χ3n) is 13.1. The minimum Gasteiger partial charge on any atom is -0.308 e. The summed E-state index contributed by atoms with van der Waals surface area (Å²) in [6.45, 7) is 4.74. The molecule has 3 nitrogen and oxygen atoms in total. The molecule has 59 heavy (non-hydrogen) atoms. The lowest BCUT2D eigenvalue weighted by atomic mass is 9.82. The Hall–Kier alpha value is -7.14. The van der Waals surface area contributed by atoms with Crippen molar-refractivity contribution in [2.24, 2.45) is 0 Å². The lowest BCUT2D eigenvalue weighted by Gasteiger charge is -2.32.